The number of hydrogen-bond donors (Lipinski definition) is 3. The first kappa shape index (κ1) is 46.4. The van der Waals surface area contributed by atoms with E-state index in [-0.39, 0.29) is 17.7 Å². The van der Waals surface area contributed by atoms with E-state index in [4.69, 9.17) is 18.9 Å². The monoisotopic (exact) mass is 849 g/mol. The molecule has 334 valence electrons. The van der Waals surface area contributed by atoms with Crippen molar-refractivity contribution in [1.82, 2.24) is 20.4 Å². The summed E-state index contributed by atoms with van der Waals surface area (Å²) in [6.45, 7) is 7.22. The number of methoxy groups -OCH3 is 4. The number of ether oxygens (including phenoxy) is 4. The van der Waals surface area contributed by atoms with Gasteiger partial charge in [-0.2, -0.15) is 0 Å². The van der Waals surface area contributed by atoms with Crippen molar-refractivity contribution in [1.29, 1.82) is 0 Å². The molecular formula is C51H68N4O7. The summed E-state index contributed by atoms with van der Waals surface area (Å²) in [5, 5.41) is 17.3. The van der Waals surface area contributed by atoms with Crippen LogP contribution in [0.5, 0.6) is 23.0 Å². The van der Waals surface area contributed by atoms with Gasteiger partial charge in [-0.1, -0.05) is 48.5 Å². The van der Waals surface area contributed by atoms with E-state index >= 15 is 0 Å². The number of nitrogens with zero attached hydrogens (tertiary/aromatic N) is 2. The molecule has 2 aliphatic rings. The summed E-state index contributed by atoms with van der Waals surface area (Å²) in [4.78, 5) is 30.6. The van der Waals surface area contributed by atoms with Crippen molar-refractivity contribution < 1.29 is 33.6 Å². The fourth-order valence-corrected chi connectivity index (χ4v) is 8.99. The lowest BCUT2D eigenvalue weighted by atomic mass is 9.87. The lowest BCUT2D eigenvalue weighted by Crippen LogP contribution is -2.36. The molecule has 0 saturated carbocycles. The van der Waals surface area contributed by atoms with Crippen molar-refractivity contribution in [3.8, 4) is 23.0 Å². The van der Waals surface area contributed by atoms with Crippen LogP contribution >= 0.6 is 0 Å². The highest BCUT2D eigenvalue weighted by molar-refractivity contribution is 5.94. The molecule has 0 bridgehead atoms. The molecule has 1 unspecified atom stereocenters. The third-order valence-corrected chi connectivity index (χ3v) is 12.8. The quantitative estimate of drug-likeness (QED) is 0.0690. The molecule has 6 rings (SSSR count). The minimum absolute atomic E-state index is 0.0469. The number of likely N-dealkylation sites (tertiary alicyclic amines) is 2. The van der Waals surface area contributed by atoms with Gasteiger partial charge in [0.05, 0.1) is 34.5 Å². The lowest BCUT2D eigenvalue weighted by Gasteiger charge is -2.34. The molecule has 11 heteroatoms. The largest absolute Gasteiger partial charge is 0.493 e. The fourth-order valence-electron chi connectivity index (χ4n) is 8.99. The Labute approximate surface area is 369 Å². The average Bonchev–Trinajstić information content (AvgIpc) is 3.32. The fraction of sp³-hybridized carbons (Fsp3) is 0.490. The highest BCUT2D eigenvalue weighted by Crippen LogP contribution is 2.40. The summed E-state index contributed by atoms with van der Waals surface area (Å²) < 4.78 is 22.1. The predicted octanol–water partition coefficient (Wildman–Crippen LogP) is 7.54. The van der Waals surface area contributed by atoms with Gasteiger partial charge in [-0.25, -0.2) is 0 Å². The van der Waals surface area contributed by atoms with Crippen LogP contribution in [0.25, 0.3) is 0 Å². The second-order valence-electron chi connectivity index (χ2n) is 16.8. The minimum atomic E-state index is -0.594. The third kappa shape index (κ3) is 13.0. The Morgan fingerprint density at radius 3 is 1.60 bits per heavy atom. The number of unbranched alkanes of at least 4 members (excludes halogenated alkanes) is 2. The van der Waals surface area contributed by atoms with Gasteiger partial charge in [-0.3, -0.25) is 9.59 Å². The van der Waals surface area contributed by atoms with E-state index in [2.05, 4.69) is 38.6 Å². The highest BCUT2D eigenvalue weighted by Gasteiger charge is 2.29. The summed E-state index contributed by atoms with van der Waals surface area (Å²) in [5.74, 6) is 3.59. The predicted molar refractivity (Wildman–Crippen MR) is 245 cm³/mol. The molecular weight excluding hydrogens is 781 g/mol. The Morgan fingerprint density at radius 2 is 1.10 bits per heavy atom. The number of para-hydroxylation sites is 2. The van der Waals surface area contributed by atoms with Crippen LogP contribution in [0, 0.1) is 11.8 Å². The number of carbonyl (C=O) groups is 2. The minimum Gasteiger partial charge on any atom is -0.493 e. The molecule has 2 saturated heterocycles. The molecule has 1 atom stereocenters. The second-order valence-corrected chi connectivity index (χ2v) is 16.8. The number of carbonyl (C=O) groups excluding carboxylic acids is 2. The van der Waals surface area contributed by atoms with Crippen LogP contribution in [0.4, 0.5) is 0 Å². The number of rotatable bonds is 22. The van der Waals surface area contributed by atoms with Crippen LogP contribution in [0.1, 0.15) is 94.0 Å². The van der Waals surface area contributed by atoms with Gasteiger partial charge >= 0.3 is 0 Å². The summed E-state index contributed by atoms with van der Waals surface area (Å²) >= 11 is 0. The molecule has 0 spiro atoms. The van der Waals surface area contributed by atoms with Crippen molar-refractivity contribution in [2.24, 2.45) is 11.8 Å². The number of aliphatic hydroxyl groups is 1. The highest BCUT2D eigenvalue weighted by atomic mass is 16.5. The van der Waals surface area contributed by atoms with Crippen LogP contribution in [-0.4, -0.2) is 108 Å². The molecule has 11 nitrogen and oxygen atoms in total. The van der Waals surface area contributed by atoms with Gasteiger partial charge in [-0.05, 0) is 155 Å². The molecule has 4 aromatic rings. The molecule has 0 aromatic heterocycles. The van der Waals surface area contributed by atoms with E-state index < -0.39 is 6.10 Å². The van der Waals surface area contributed by atoms with Gasteiger partial charge in [0.15, 0.2) is 23.0 Å². The van der Waals surface area contributed by atoms with E-state index in [1.165, 1.54) is 29.5 Å². The Kier molecular flexibility index (Phi) is 17.9. The summed E-state index contributed by atoms with van der Waals surface area (Å²) in [5.41, 5.74) is 5.80. The first-order valence-electron chi connectivity index (χ1n) is 22.6. The van der Waals surface area contributed by atoms with Gasteiger partial charge in [0.1, 0.15) is 0 Å². The molecule has 0 aliphatic carbocycles. The van der Waals surface area contributed by atoms with Crippen LogP contribution < -0.4 is 29.6 Å². The third-order valence-electron chi connectivity index (χ3n) is 12.8. The van der Waals surface area contributed by atoms with Gasteiger partial charge in [0.25, 0.3) is 11.8 Å². The maximum atomic E-state index is 12.8. The van der Waals surface area contributed by atoms with Crippen molar-refractivity contribution in [3.63, 3.8) is 0 Å². The van der Waals surface area contributed by atoms with E-state index in [0.717, 1.165) is 108 Å². The van der Waals surface area contributed by atoms with Crippen molar-refractivity contribution in [2.75, 3.05) is 80.8 Å². The first-order valence-corrected chi connectivity index (χ1v) is 22.6. The average molecular weight is 849 g/mol. The topological polar surface area (TPSA) is 122 Å². The van der Waals surface area contributed by atoms with E-state index in [1.54, 1.807) is 28.4 Å². The van der Waals surface area contributed by atoms with Crippen molar-refractivity contribution in [3.05, 3.63) is 118 Å². The number of hydrogen-bond acceptors (Lipinski definition) is 9. The Balaban J connectivity index is 0.792. The molecule has 2 fully saturated rings. The van der Waals surface area contributed by atoms with Gasteiger partial charge in [0.2, 0.25) is 0 Å². The van der Waals surface area contributed by atoms with E-state index in [9.17, 15) is 14.7 Å². The molecule has 3 N–H and O–H groups in total. The molecule has 2 heterocycles. The Bertz CT molecular complexity index is 1990. The number of aliphatic hydroxyl groups excluding tert-OH is 1. The summed E-state index contributed by atoms with van der Waals surface area (Å²) in [7, 11) is 6.62. The van der Waals surface area contributed by atoms with Gasteiger partial charge < -0.3 is 44.5 Å². The standard InChI is InChI=1S/C51H68N4O7/c1-59-45-12-8-10-43(48(45)61-3)36-39-24-32-54(33-25-39)30-22-37-14-18-41(19-15-37)50(57)52-28-6-5-7-29-53-51(58)42-20-16-38(17-21-42)23-31-55-34-26-40(27-35-55)47(56)44-11-9-13-46(60-2)49(44)62-4/h8-21,39-40,47,56H,5-7,22-36H2,1-4H3,(H,52,57)(H,53,58). The van der Waals surface area contributed by atoms with Gasteiger partial charge in [0, 0.05) is 42.9 Å². The Hall–Kier alpha value is -5.10. The van der Waals surface area contributed by atoms with Gasteiger partial charge in [-0.15, -0.1) is 0 Å². The summed E-state index contributed by atoms with van der Waals surface area (Å²) in [6, 6.07) is 27.7. The SMILES string of the molecule is COc1cccc(CC2CCN(CCc3ccc(C(=O)NCCCCCNC(=O)c4ccc(CCN5CCC(C(O)c6cccc(OC)c6OC)CC5)cc4)cc3)CC2)c1OC. The summed E-state index contributed by atoms with van der Waals surface area (Å²) in [6.07, 6.45) is 9.08. The maximum Gasteiger partial charge on any atom is 0.251 e. The number of nitrogens with one attached hydrogen (secondary N) is 2. The smallest absolute Gasteiger partial charge is 0.251 e. The zero-order valence-corrected chi connectivity index (χ0v) is 37.3. The van der Waals surface area contributed by atoms with E-state index in [0.29, 0.717) is 41.6 Å². The lowest BCUT2D eigenvalue weighted by molar-refractivity contribution is 0.0572. The van der Waals surface area contributed by atoms with E-state index in [1.807, 2.05) is 66.7 Å². The first-order chi connectivity index (χ1) is 30.3. The van der Waals surface area contributed by atoms with Crippen molar-refractivity contribution in [2.45, 2.75) is 70.3 Å². The normalized spacial score (nSPS) is 15.8. The van der Waals surface area contributed by atoms with Crippen LogP contribution in [0.3, 0.4) is 0 Å². The molecule has 2 amide bonds. The number of amides is 2. The zero-order chi connectivity index (χ0) is 43.7. The van der Waals surface area contributed by atoms with Crippen LogP contribution in [0.2, 0.25) is 0 Å². The Morgan fingerprint density at radius 1 is 0.613 bits per heavy atom. The number of benzene rings is 4. The van der Waals surface area contributed by atoms with Crippen LogP contribution in [-0.2, 0) is 19.3 Å². The zero-order valence-electron chi connectivity index (χ0n) is 37.3. The van der Waals surface area contributed by atoms with Crippen LogP contribution in [0.15, 0.2) is 84.9 Å². The molecule has 4 aromatic carbocycles. The molecule has 62 heavy (non-hydrogen) atoms. The maximum absolute atomic E-state index is 12.8. The molecule has 0 radical (unpaired) electrons. The number of piperidine rings is 2. The molecule has 2 aliphatic heterocycles. The second kappa shape index (κ2) is 23.9. The van der Waals surface area contributed by atoms with Crippen molar-refractivity contribution >= 4 is 11.8 Å².